The molecule has 0 N–H and O–H groups in total. The van der Waals surface area contributed by atoms with Gasteiger partial charge in [-0.3, -0.25) is 4.90 Å². The lowest BCUT2D eigenvalue weighted by Crippen LogP contribution is -2.35. The minimum Gasteiger partial charge on any atom is -0.444 e. The van der Waals surface area contributed by atoms with E-state index < -0.39 is 10.0 Å². The largest absolute Gasteiger partial charge is 0.444 e. The summed E-state index contributed by atoms with van der Waals surface area (Å²) in [5.41, 5.74) is 2.45. The summed E-state index contributed by atoms with van der Waals surface area (Å²) in [4.78, 5) is 7.10. The first kappa shape index (κ1) is 21.5. The van der Waals surface area contributed by atoms with E-state index in [2.05, 4.69) is 30.7 Å². The van der Waals surface area contributed by atoms with E-state index in [0.29, 0.717) is 37.0 Å². The van der Waals surface area contributed by atoms with E-state index in [-0.39, 0.29) is 5.41 Å². The molecule has 7 heteroatoms. The average molecular weight is 432 g/mol. The van der Waals surface area contributed by atoms with Crippen LogP contribution in [0, 0.1) is 0 Å². The van der Waals surface area contributed by atoms with Gasteiger partial charge in [-0.15, -0.1) is 0 Å². The lowest BCUT2D eigenvalue weighted by atomic mass is 9.92. The number of fused-ring (bicyclic) bond motifs is 1. The molecule has 1 aromatic heterocycles. The number of aryl methyl sites for hydroxylation is 2. The number of hydrogen-bond acceptors (Lipinski definition) is 5. The standard InChI is InChI=1S/C23H33N3O3S/c1-23(2,3)21-16-24-22(29-21)17-25-11-6-12-26(14-13-25)30(27,28)20-10-9-18-7-4-5-8-19(18)15-20/h9-10,15-16H,4-8,11-14,17H2,1-3H3. The Hall–Kier alpha value is -1.70. The van der Waals surface area contributed by atoms with Crippen LogP contribution >= 0.6 is 0 Å². The maximum Gasteiger partial charge on any atom is 0.243 e. The van der Waals surface area contributed by atoms with Crippen molar-refractivity contribution in [2.45, 2.75) is 69.7 Å². The van der Waals surface area contributed by atoms with Gasteiger partial charge in [-0.1, -0.05) is 26.8 Å². The van der Waals surface area contributed by atoms with Gasteiger partial charge in [0.2, 0.25) is 15.9 Å². The third kappa shape index (κ3) is 4.63. The first-order chi connectivity index (χ1) is 14.2. The van der Waals surface area contributed by atoms with Crippen LogP contribution in [0.3, 0.4) is 0 Å². The number of oxazole rings is 1. The number of hydrogen-bond donors (Lipinski definition) is 0. The molecule has 1 fully saturated rings. The van der Waals surface area contributed by atoms with Gasteiger partial charge in [0.1, 0.15) is 5.76 Å². The van der Waals surface area contributed by atoms with Crippen LogP contribution in [0.2, 0.25) is 0 Å². The van der Waals surface area contributed by atoms with Gasteiger partial charge in [-0.05, 0) is 61.9 Å². The van der Waals surface area contributed by atoms with Gasteiger partial charge in [-0.2, -0.15) is 4.31 Å². The molecule has 1 aromatic carbocycles. The number of benzene rings is 1. The molecule has 0 unspecified atom stereocenters. The van der Waals surface area contributed by atoms with Gasteiger partial charge in [0.15, 0.2) is 0 Å². The molecule has 2 heterocycles. The van der Waals surface area contributed by atoms with E-state index >= 15 is 0 Å². The van der Waals surface area contributed by atoms with Crippen molar-refractivity contribution in [1.29, 1.82) is 0 Å². The predicted octanol–water partition coefficient (Wildman–Crippen LogP) is 3.75. The molecule has 1 aliphatic carbocycles. The zero-order valence-corrected chi connectivity index (χ0v) is 19.2. The summed E-state index contributed by atoms with van der Waals surface area (Å²) in [5.74, 6) is 1.58. The van der Waals surface area contributed by atoms with E-state index in [4.69, 9.17) is 4.42 Å². The van der Waals surface area contributed by atoms with Crippen LogP contribution in [0.4, 0.5) is 0 Å². The van der Waals surface area contributed by atoms with Crippen molar-refractivity contribution in [2.24, 2.45) is 0 Å². The summed E-state index contributed by atoms with van der Waals surface area (Å²) < 4.78 is 34.1. The molecule has 2 aromatic rings. The summed E-state index contributed by atoms with van der Waals surface area (Å²) in [6.45, 7) is 9.48. The maximum atomic E-state index is 13.3. The minimum absolute atomic E-state index is 0.0657. The third-order valence-corrected chi connectivity index (χ3v) is 8.05. The predicted molar refractivity (Wildman–Crippen MR) is 117 cm³/mol. The summed E-state index contributed by atoms with van der Waals surface area (Å²) in [5, 5.41) is 0. The van der Waals surface area contributed by atoms with Gasteiger partial charge in [0, 0.05) is 25.0 Å². The lowest BCUT2D eigenvalue weighted by molar-refractivity contribution is 0.242. The molecule has 0 bridgehead atoms. The molecule has 0 saturated carbocycles. The Labute approximate surface area is 180 Å². The van der Waals surface area contributed by atoms with Crippen molar-refractivity contribution >= 4 is 10.0 Å². The summed E-state index contributed by atoms with van der Waals surface area (Å²) in [6, 6.07) is 5.72. The van der Waals surface area contributed by atoms with E-state index in [9.17, 15) is 8.42 Å². The highest BCUT2D eigenvalue weighted by Gasteiger charge is 2.28. The van der Waals surface area contributed by atoms with Gasteiger partial charge < -0.3 is 4.42 Å². The highest BCUT2D eigenvalue weighted by Crippen LogP contribution is 2.27. The maximum absolute atomic E-state index is 13.3. The molecule has 4 rings (SSSR count). The Bertz CT molecular complexity index is 991. The van der Waals surface area contributed by atoms with Crippen molar-refractivity contribution in [2.75, 3.05) is 26.2 Å². The molecule has 0 spiro atoms. The van der Waals surface area contributed by atoms with Gasteiger partial charge in [-0.25, -0.2) is 13.4 Å². The van der Waals surface area contributed by atoms with E-state index in [1.165, 1.54) is 17.5 Å². The second-order valence-corrected chi connectivity index (χ2v) is 11.5. The topological polar surface area (TPSA) is 66.7 Å². The molecule has 30 heavy (non-hydrogen) atoms. The summed E-state index contributed by atoms with van der Waals surface area (Å²) >= 11 is 0. The third-order valence-electron chi connectivity index (χ3n) is 6.16. The van der Waals surface area contributed by atoms with Gasteiger partial charge in [0.25, 0.3) is 0 Å². The van der Waals surface area contributed by atoms with Crippen molar-refractivity contribution in [3.8, 4) is 0 Å². The van der Waals surface area contributed by atoms with E-state index in [1.54, 1.807) is 16.6 Å². The molecule has 0 atom stereocenters. The molecule has 1 saturated heterocycles. The molecule has 164 valence electrons. The quantitative estimate of drug-likeness (QED) is 0.738. The second-order valence-electron chi connectivity index (χ2n) is 9.54. The molecule has 0 radical (unpaired) electrons. The van der Waals surface area contributed by atoms with Gasteiger partial charge in [0.05, 0.1) is 17.6 Å². The van der Waals surface area contributed by atoms with Crippen molar-refractivity contribution in [3.63, 3.8) is 0 Å². The molecular weight excluding hydrogens is 398 g/mol. The number of nitrogens with zero attached hydrogens (tertiary/aromatic N) is 3. The Morgan fingerprint density at radius 2 is 1.77 bits per heavy atom. The van der Waals surface area contributed by atoms with Crippen LogP contribution < -0.4 is 0 Å². The zero-order valence-electron chi connectivity index (χ0n) is 18.4. The smallest absolute Gasteiger partial charge is 0.243 e. The van der Waals surface area contributed by atoms with Crippen LogP contribution in [0.1, 0.15) is 62.8 Å². The monoisotopic (exact) mass is 431 g/mol. The summed E-state index contributed by atoms with van der Waals surface area (Å²) in [7, 11) is -3.46. The average Bonchev–Trinajstić information content (AvgIpc) is 3.06. The van der Waals surface area contributed by atoms with Crippen molar-refractivity contribution < 1.29 is 12.8 Å². The number of rotatable bonds is 4. The Morgan fingerprint density at radius 3 is 2.50 bits per heavy atom. The van der Waals surface area contributed by atoms with Gasteiger partial charge >= 0.3 is 0 Å². The summed E-state index contributed by atoms with van der Waals surface area (Å²) in [6.07, 6.45) is 7.00. The lowest BCUT2D eigenvalue weighted by Gasteiger charge is -2.22. The molecule has 2 aliphatic rings. The fourth-order valence-corrected chi connectivity index (χ4v) is 5.81. The minimum atomic E-state index is -3.46. The zero-order chi connectivity index (χ0) is 21.4. The number of aromatic nitrogens is 1. The van der Waals surface area contributed by atoms with Crippen LogP contribution in [-0.2, 0) is 34.8 Å². The first-order valence-corrected chi connectivity index (χ1v) is 12.5. The normalized spacial score (nSPS) is 19.4. The Balaban J connectivity index is 1.43. The van der Waals surface area contributed by atoms with Crippen molar-refractivity contribution in [3.05, 3.63) is 47.2 Å². The number of sulfonamides is 1. The highest BCUT2D eigenvalue weighted by molar-refractivity contribution is 7.89. The molecule has 0 amide bonds. The first-order valence-electron chi connectivity index (χ1n) is 11.0. The molecule has 1 aliphatic heterocycles. The Kier molecular flexibility index (Phi) is 6.06. The van der Waals surface area contributed by atoms with Crippen LogP contribution in [-0.4, -0.2) is 48.8 Å². The van der Waals surface area contributed by atoms with Crippen LogP contribution in [0.5, 0.6) is 0 Å². The van der Waals surface area contributed by atoms with E-state index in [1.807, 2.05) is 12.1 Å². The van der Waals surface area contributed by atoms with Crippen LogP contribution in [0.25, 0.3) is 0 Å². The van der Waals surface area contributed by atoms with Crippen molar-refractivity contribution in [1.82, 2.24) is 14.2 Å². The SMILES string of the molecule is CC(C)(C)c1cnc(CN2CCCN(S(=O)(=O)c3ccc4c(c3)CCCC4)CC2)o1. The highest BCUT2D eigenvalue weighted by atomic mass is 32.2. The molecular formula is C23H33N3O3S. The molecule has 6 nitrogen and oxygen atoms in total. The Morgan fingerprint density at radius 1 is 1.00 bits per heavy atom. The fourth-order valence-electron chi connectivity index (χ4n) is 4.29. The fraction of sp³-hybridized carbons (Fsp3) is 0.609. The second kappa shape index (κ2) is 8.44. The van der Waals surface area contributed by atoms with E-state index in [0.717, 1.165) is 38.0 Å². The van der Waals surface area contributed by atoms with Crippen LogP contribution in [0.15, 0.2) is 33.7 Å².